The van der Waals surface area contributed by atoms with Crippen LogP contribution in [0.15, 0.2) is 66.7 Å². The second-order valence-electron chi connectivity index (χ2n) is 7.23. The van der Waals surface area contributed by atoms with Gasteiger partial charge in [-0.3, -0.25) is 14.3 Å². The Morgan fingerprint density at radius 2 is 1.55 bits per heavy atom. The monoisotopic (exact) mass is 486 g/mol. The Bertz CT molecular complexity index is 1260. The van der Waals surface area contributed by atoms with E-state index in [0.717, 1.165) is 0 Å². The Kier molecular flexibility index (Phi) is 7.73. The van der Waals surface area contributed by atoms with Crippen LogP contribution < -0.4 is 14.8 Å². The van der Waals surface area contributed by atoms with Gasteiger partial charge in [-0.25, -0.2) is 8.42 Å². The Balaban J connectivity index is 1.55. The summed E-state index contributed by atoms with van der Waals surface area (Å²) in [6.07, 6.45) is 0. The van der Waals surface area contributed by atoms with Gasteiger partial charge in [-0.1, -0.05) is 11.6 Å². The van der Waals surface area contributed by atoms with Gasteiger partial charge in [-0.05, 0) is 86.1 Å². The van der Waals surface area contributed by atoms with E-state index < -0.39 is 10.0 Å². The number of rotatable bonds is 9. The van der Waals surface area contributed by atoms with Crippen LogP contribution in [-0.2, 0) is 14.8 Å². The Hall–Kier alpha value is -3.36. The second-order valence-corrected chi connectivity index (χ2v) is 9.68. The molecule has 2 N–H and O–H groups in total. The average molecular weight is 487 g/mol. The number of carbonyl (C=O) groups is 2. The lowest BCUT2D eigenvalue weighted by Gasteiger charge is -2.12. The number of hydrogen-bond donors (Lipinski definition) is 2. The number of nitrogens with one attached hydrogen (secondary N) is 2. The summed E-state index contributed by atoms with van der Waals surface area (Å²) in [7, 11) is -3.38. The highest BCUT2D eigenvalue weighted by Crippen LogP contribution is 2.21. The first-order valence-electron chi connectivity index (χ1n) is 10.1. The van der Waals surface area contributed by atoms with Crippen LogP contribution in [0.2, 0.25) is 5.02 Å². The van der Waals surface area contributed by atoms with E-state index in [0.29, 0.717) is 38.8 Å². The molecule has 0 atom stereocenters. The molecule has 172 valence electrons. The standard InChI is InChI=1S/C24H23ClN2O5S/c1-3-33(30,31)27-22-13-10-20(14-16(22)2)26-23(28)15-32-21-11-6-18(7-12-21)24(29)17-4-8-19(25)9-5-17/h4-14,27H,3,15H2,1-2H3,(H,26,28). The third-order valence-corrected chi connectivity index (χ3v) is 6.29. The number of ketones is 1. The van der Waals surface area contributed by atoms with Gasteiger partial charge in [0.1, 0.15) is 5.75 Å². The Labute approximate surface area is 197 Å². The molecule has 0 bridgehead atoms. The van der Waals surface area contributed by atoms with Gasteiger partial charge in [0.15, 0.2) is 12.4 Å². The van der Waals surface area contributed by atoms with Gasteiger partial charge < -0.3 is 10.1 Å². The van der Waals surface area contributed by atoms with Crippen LogP contribution in [0.5, 0.6) is 5.75 Å². The molecule has 0 unspecified atom stereocenters. The smallest absolute Gasteiger partial charge is 0.262 e. The van der Waals surface area contributed by atoms with Crippen LogP contribution in [0, 0.1) is 6.92 Å². The van der Waals surface area contributed by atoms with Crippen molar-refractivity contribution in [2.45, 2.75) is 13.8 Å². The summed E-state index contributed by atoms with van der Waals surface area (Å²) in [6.45, 7) is 3.07. The number of ether oxygens (including phenoxy) is 1. The fourth-order valence-corrected chi connectivity index (χ4v) is 3.75. The van der Waals surface area contributed by atoms with Crippen molar-refractivity contribution in [2.75, 3.05) is 22.4 Å². The summed E-state index contributed by atoms with van der Waals surface area (Å²) in [5.74, 6) is -0.106. The number of carbonyl (C=O) groups excluding carboxylic acids is 2. The summed E-state index contributed by atoms with van der Waals surface area (Å²) in [5.41, 5.74) is 2.66. The SMILES string of the molecule is CCS(=O)(=O)Nc1ccc(NC(=O)COc2ccc(C(=O)c3ccc(Cl)cc3)cc2)cc1C. The molecule has 0 aliphatic carbocycles. The number of hydrogen-bond acceptors (Lipinski definition) is 5. The number of aryl methyl sites for hydroxylation is 1. The molecule has 0 radical (unpaired) electrons. The average Bonchev–Trinajstić information content (AvgIpc) is 2.80. The van der Waals surface area contributed by atoms with Gasteiger partial charge in [-0.2, -0.15) is 0 Å². The number of benzene rings is 3. The van der Waals surface area contributed by atoms with E-state index in [2.05, 4.69) is 10.0 Å². The van der Waals surface area contributed by atoms with Crippen molar-refractivity contribution in [3.8, 4) is 5.75 Å². The minimum Gasteiger partial charge on any atom is -0.484 e. The molecule has 3 aromatic rings. The summed E-state index contributed by atoms with van der Waals surface area (Å²) in [5, 5.41) is 3.26. The van der Waals surface area contributed by atoms with Crippen LogP contribution >= 0.6 is 11.6 Å². The molecule has 7 nitrogen and oxygen atoms in total. The molecule has 0 aromatic heterocycles. The third-order valence-electron chi connectivity index (χ3n) is 4.75. The number of amides is 1. The highest BCUT2D eigenvalue weighted by atomic mass is 35.5. The molecular formula is C24H23ClN2O5S. The molecule has 1 amide bonds. The van der Waals surface area contributed by atoms with Crippen LogP contribution in [-0.4, -0.2) is 32.5 Å². The maximum Gasteiger partial charge on any atom is 0.262 e. The molecule has 0 aliphatic heterocycles. The molecule has 0 saturated carbocycles. The van der Waals surface area contributed by atoms with E-state index in [-0.39, 0.29) is 24.1 Å². The maximum absolute atomic E-state index is 12.5. The van der Waals surface area contributed by atoms with E-state index in [1.54, 1.807) is 80.6 Å². The second kappa shape index (κ2) is 10.5. The Morgan fingerprint density at radius 1 is 0.939 bits per heavy atom. The van der Waals surface area contributed by atoms with E-state index in [9.17, 15) is 18.0 Å². The van der Waals surface area contributed by atoms with Gasteiger partial charge in [0.2, 0.25) is 10.0 Å². The highest BCUT2D eigenvalue weighted by Gasteiger charge is 2.12. The molecule has 3 rings (SSSR count). The highest BCUT2D eigenvalue weighted by molar-refractivity contribution is 7.92. The summed E-state index contributed by atoms with van der Waals surface area (Å²) >= 11 is 5.85. The van der Waals surface area contributed by atoms with Gasteiger partial charge >= 0.3 is 0 Å². The van der Waals surface area contributed by atoms with E-state index in [1.165, 1.54) is 0 Å². The largest absolute Gasteiger partial charge is 0.484 e. The molecule has 33 heavy (non-hydrogen) atoms. The van der Waals surface area contributed by atoms with Gasteiger partial charge in [0.05, 0.1) is 11.4 Å². The number of halogens is 1. The minimum absolute atomic E-state index is 0.0292. The van der Waals surface area contributed by atoms with Gasteiger partial charge in [-0.15, -0.1) is 0 Å². The fourth-order valence-electron chi connectivity index (χ4n) is 2.91. The lowest BCUT2D eigenvalue weighted by Crippen LogP contribution is -2.20. The van der Waals surface area contributed by atoms with E-state index in [4.69, 9.17) is 16.3 Å². The molecule has 0 fully saturated rings. The van der Waals surface area contributed by atoms with Crippen LogP contribution in [0.1, 0.15) is 28.4 Å². The summed E-state index contributed by atoms with van der Waals surface area (Å²) in [6, 6.07) is 18.0. The first-order valence-corrected chi connectivity index (χ1v) is 12.1. The van der Waals surface area contributed by atoms with Crippen molar-refractivity contribution in [3.63, 3.8) is 0 Å². The lowest BCUT2D eigenvalue weighted by molar-refractivity contribution is -0.118. The number of anilines is 2. The lowest BCUT2D eigenvalue weighted by atomic mass is 10.0. The quantitative estimate of drug-likeness (QED) is 0.428. The first-order chi connectivity index (χ1) is 15.7. The zero-order valence-corrected chi connectivity index (χ0v) is 19.7. The van der Waals surface area contributed by atoms with Crippen molar-refractivity contribution < 1.29 is 22.7 Å². The molecule has 0 saturated heterocycles. The van der Waals surface area contributed by atoms with Crippen LogP contribution in [0.25, 0.3) is 0 Å². The van der Waals surface area contributed by atoms with E-state index >= 15 is 0 Å². The van der Waals surface area contributed by atoms with Crippen molar-refractivity contribution in [3.05, 3.63) is 88.4 Å². The normalized spacial score (nSPS) is 11.0. The van der Waals surface area contributed by atoms with Gasteiger partial charge in [0, 0.05) is 21.8 Å². The molecular weight excluding hydrogens is 464 g/mol. The van der Waals surface area contributed by atoms with Crippen molar-refractivity contribution in [1.82, 2.24) is 0 Å². The van der Waals surface area contributed by atoms with Gasteiger partial charge in [0.25, 0.3) is 5.91 Å². The fraction of sp³-hybridized carbons (Fsp3) is 0.167. The predicted molar refractivity (Wildman–Crippen MR) is 130 cm³/mol. The summed E-state index contributed by atoms with van der Waals surface area (Å²) in [4.78, 5) is 24.7. The van der Waals surface area contributed by atoms with Crippen LogP contribution in [0.4, 0.5) is 11.4 Å². The summed E-state index contributed by atoms with van der Waals surface area (Å²) < 4.78 is 31.4. The third kappa shape index (κ3) is 6.81. The topological polar surface area (TPSA) is 102 Å². The zero-order chi connectivity index (χ0) is 24.0. The van der Waals surface area contributed by atoms with E-state index in [1.807, 2.05) is 0 Å². The molecule has 0 spiro atoms. The van der Waals surface area contributed by atoms with Crippen molar-refractivity contribution in [2.24, 2.45) is 0 Å². The zero-order valence-electron chi connectivity index (χ0n) is 18.1. The molecule has 3 aromatic carbocycles. The number of sulfonamides is 1. The minimum atomic E-state index is -3.38. The molecule has 0 aliphatic rings. The van der Waals surface area contributed by atoms with Crippen molar-refractivity contribution in [1.29, 1.82) is 0 Å². The van der Waals surface area contributed by atoms with Crippen molar-refractivity contribution >= 4 is 44.7 Å². The first kappa shape index (κ1) is 24.3. The van der Waals surface area contributed by atoms with Crippen LogP contribution in [0.3, 0.4) is 0 Å². The Morgan fingerprint density at radius 3 is 2.12 bits per heavy atom. The molecule has 9 heteroatoms. The predicted octanol–water partition coefficient (Wildman–Crippen LogP) is 4.66. The maximum atomic E-state index is 12.5. The molecule has 0 heterocycles.